The number of hydrogen-bond donors (Lipinski definition) is 2. The van der Waals surface area contributed by atoms with Crippen LogP contribution in [0.15, 0.2) is 54.6 Å². The van der Waals surface area contributed by atoms with E-state index in [1.54, 1.807) is 0 Å². The van der Waals surface area contributed by atoms with Gasteiger partial charge in [-0.15, -0.1) is 0 Å². The summed E-state index contributed by atoms with van der Waals surface area (Å²) < 4.78 is 5.88. The number of amides is 1. The molecular formula is C22H29N3O2. The molecule has 1 aliphatic rings. The van der Waals surface area contributed by atoms with E-state index in [-0.39, 0.29) is 12.3 Å². The maximum Gasteiger partial charge on any atom is 0.238 e. The third-order valence-corrected chi connectivity index (χ3v) is 5.17. The van der Waals surface area contributed by atoms with Crippen molar-refractivity contribution in [2.24, 2.45) is 11.8 Å². The third-order valence-electron chi connectivity index (χ3n) is 5.17. The molecule has 0 saturated carbocycles. The van der Waals surface area contributed by atoms with Gasteiger partial charge in [-0.05, 0) is 61.5 Å². The fourth-order valence-corrected chi connectivity index (χ4v) is 3.64. The highest BCUT2D eigenvalue weighted by Gasteiger charge is 2.19. The second-order valence-corrected chi connectivity index (χ2v) is 7.21. The Kier molecular flexibility index (Phi) is 7.25. The number of piperidine rings is 1. The van der Waals surface area contributed by atoms with Crippen molar-refractivity contribution in [2.75, 3.05) is 26.2 Å². The lowest BCUT2D eigenvalue weighted by Gasteiger charge is -2.31. The molecule has 1 amide bonds. The Bertz CT molecular complexity index is 713. The minimum Gasteiger partial charge on any atom is -0.492 e. The van der Waals surface area contributed by atoms with Crippen LogP contribution in [0.2, 0.25) is 0 Å². The fourth-order valence-electron chi connectivity index (χ4n) is 3.64. The van der Waals surface area contributed by atoms with Gasteiger partial charge in [-0.2, -0.15) is 0 Å². The van der Waals surface area contributed by atoms with Crippen LogP contribution in [0.25, 0.3) is 0 Å². The second-order valence-electron chi connectivity index (χ2n) is 7.21. The molecule has 1 fully saturated rings. The van der Waals surface area contributed by atoms with Gasteiger partial charge in [0, 0.05) is 6.54 Å². The van der Waals surface area contributed by atoms with Gasteiger partial charge < -0.3 is 4.74 Å². The van der Waals surface area contributed by atoms with E-state index in [2.05, 4.69) is 40.7 Å². The standard InChI is InChI=1S/C22H29N3O2/c23-24-22(26)17-20-7-4-8-21(16-20)27-14-13-25-11-9-19(10-12-25)15-18-5-2-1-3-6-18/h1-8,16,19H,9-15,17,23H2,(H,24,26). The average molecular weight is 367 g/mol. The number of hydrogen-bond acceptors (Lipinski definition) is 4. The van der Waals surface area contributed by atoms with Crippen LogP contribution in [0.5, 0.6) is 5.75 Å². The van der Waals surface area contributed by atoms with E-state index in [0.717, 1.165) is 36.9 Å². The predicted octanol–water partition coefficient (Wildman–Crippen LogP) is 2.55. The summed E-state index contributed by atoms with van der Waals surface area (Å²) in [5.41, 5.74) is 4.50. The number of rotatable bonds is 8. The average Bonchev–Trinajstić information content (AvgIpc) is 2.70. The van der Waals surface area contributed by atoms with E-state index in [9.17, 15) is 4.79 Å². The molecule has 27 heavy (non-hydrogen) atoms. The Hall–Kier alpha value is -2.37. The summed E-state index contributed by atoms with van der Waals surface area (Å²) in [6, 6.07) is 18.4. The molecule has 3 rings (SSSR count). The first-order valence-electron chi connectivity index (χ1n) is 9.70. The summed E-state index contributed by atoms with van der Waals surface area (Å²) in [7, 11) is 0. The van der Waals surface area contributed by atoms with Crippen molar-refractivity contribution in [3.05, 3.63) is 65.7 Å². The van der Waals surface area contributed by atoms with Crippen molar-refractivity contribution in [2.45, 2.75) is 25.7 Å². The van der Waals surface area contributed by atoms with Crippen LogP contribution in [0, 0.1) is 5.92 Å². The van der Waals surface area contributed by atoms with Gasteiger partial charge in [-0.25, -0.2) is 5.84 Å². The number of carbonyl (C=O) groups is 1. The van der Waals surface area contributed by atoms with Crippen LogP contribution in [0.4, 0.5) is 0 Å². The Balaban J connectivity index is 1.37. The number of benzene rings is 2. The highest BCUT2D eigenvalue weighted by atomic mass is 16.5. The molecular weight excluding hydrogens is 338 g/mol. The Labute approximate surface area is 161 Å². The molecule has 5 nitrogen and oxygen atoms in total. The summed E-state index contributed by atoms with van der Waals surface area (Å²) in [6.07, 6.45) is 3.95. The van der Waals surface area contributed by atoms with E-state index in [1.807, 2.05) is 24.3 Å². The second kappa shape index (κ2) is 10.1. The maximum atomic E-state index is 11.4. The summed E-state index contributed by atoms with van der Waals surface area (Å²) in [6.45, 7) is 3.87. The number of nitrogens with one attached hydrogen (secondary N) is 1. The summed E-state index contributed by atoms with van der Waals surface area (Å²) >= 11 is 0. The monoisotopic (exact) mass is 367 g/mol. The van der Waals surface area contributed by atoms with Crippen molar-refractivity contribution in [3.63, 3.8) is 0 Å². The SMILES string of the molecule is NNC(=O)Cc1cccc(OCCN2CCC(Cc3ccccc3)CC2)c1. The van der Waals surface area contributed by atoms with E-state index in [0.29, 0.717) is 6.61 Å². The Morgan fingerprint density at radius 3 is 2.56 bits per heavy atom. The molecule has 0 atom stereocenters. The maximum absolute atomic E-state index is 11.4. The largest absolute Gasteiger partial charge is 0.492 e. The minimum absolute atomic E-state index is 0.203. The molecule has 1 saturated heterocycles. The number of likely N-dealkylation sites (tertiary alicyclic amines) is 1. The number of hydrazine groups is 1. The lowest BCUT2D eigenvalue weighted by molar-refractivity contribution is -0.120. The van der Waals surface area contributed by atoms with Crippen LogP contribution in [-0.4, -0.2) is 37.0 Å². The van der Waals surface area contributed by atoms with Gasteiger partial charge in [0.1, 0.15) is 12.4 Å². The summed E-state index contributed by atoms with van der Waals surface area (Å²) in [5.74, 6) is 6.52. The van der Waals surface area contributed by atoms with E-state index in [1.165, 1.54) is 24.8 Å². The van der Waals surface area contributed by atoms with E-state index < -0.39 is 0 Å². The zero-order chi connectivity index (χ0) is 18.9. The van der Waals surface area contributed by atoms with Crippen LogP contribution in [0.1, 0.15) is 24.0 Å². The van der Waals surface area contributed by atoms with Gasteiger partial charge in [0.05, 0.1) is 6.42 Å². The molecule has 1 aliphatic heterocycles. The molecule has 144 valence electrons. The van der Waals surface area contributed by atoms with Crippen molar-refractivity contribution in [3.8, 4) is 5.75 Å². The van der Waals surface area contributed by atoms with Gasteiger partial charge in [0.2, 0.25) is 5.91 Å². The summed E-state index contributed by atoms with van der Waals surface area (Å²) in [5, 5.41) is 0. The number of nitrogens with zero attached hydrogens (tertiary/aromatic N) is 1. The zero-order valence-electron chi connectivity index (χ0n) is 15.8. The lowest BCUT2D eigenvalue weighted by atomic mass is 9.90. The van der Waals surface area contributed by atoms with Crippen molar-refractivity contribution < 1.29 is 9.53 Å². The highest BCUT2D eigenvalue weighted by Crippen LogP contribution is 2.21. The van der Waals surface area contributed by atoms with Gasteiger partial charge in [-0.1, -0.05) is 42.5 Å². The molecule has 5 heteroatoms. The normalized spacial score (nSPS) is 15.4. The van der Waals surface area contributed by atoms with Gasteiger partial charge in [-0.3, -0.25) is 15.1 Å². The van der Waals surface area contributed by atoms with Gasteiger partial charge >= 0.3 is 0 Å². The first-order chi connectivity index (χ1) is 13.2. The highest BCUT2D eigenvalue weighted by molar-refractivity contribution is 5.77. The number of nitrogens with two attached hydrogens (primary N) is 1. The molecule has 0 aliphatic carbocycles. The number of carbonyl (C=O) groups excluding carboxylic acids is 1. The van der Waals surface area contributed by atoms with Crippen molar-refractivity contribution in [1.82, 2.24) is 10.3 Å². The zero-order valence-corrected chi connectivity index (χ0v) is 15.8. The van der Waals surface area contributed by atoms with E-state index >= 15 is 0 Å². The van der Waals surface area contributed by atoms with Gasteiger partial charge in [0.15, 0.2) is 0 Å². The third kappa shape index (κ3) is 6.38. The first kappa shape index (κ1) is 19.4. The fraction of sp³-hybridized carbons (Fsp3) is 0.409. The topological polar surface area (TPSA) is 67.6 Å². The molecule has 2 aromatic carbocycles. The lowest BCUT2D eigenvalue weighted by Crippen LogP contribution is -2.37. The molecule has 0 radical (unpaired) electrons. The van der Waals surface area contributed by atoms with E-state index in [4.69, 9.17) is 10.6 Å². The molecule has 0 bridgehead atoms. The van der Waals surface area contributed by atoms with Crippen LogP contribution >= 0.6 is 0 Å². The van der Waals surface area contributed by atoms with Gasteiger partial charge in [0.25, 0.3) is 0 Å². The molecule has 1 heterocycles. The summed E-state index contributed by atoms with van der Waals surface area (Å²) in [4.78, 5) is 13.9. The van der Waals surface area contributed by atoms with Crippen molar-refractivity contribution in [1.29, 1.82) is 0 Å². The minimum atomic E-state index is -0.203. The molecule has 0 aromatic heterocycles. The van der Waals surface area contributed by atoms with Crippen LogP contribution in [0.3, 0.4) is 0 Å². The molecule has 0 unspecified atom stereocenters. The molecule has 2 aromatic rings. The Morgan fingerprint density at radius 2 is 1.81 bits per heavy atom. The predicted molar refractivity (Wildman–Crippen MR) is 107 cm³/mol. The van der Waals surface area contributed by atoms with Crippen LogP contribution < -0.4 is 16.0 Å². The molecule has 0 spiro atoms. The smallest absolute Gasteiger partial charge is 0.238 e. The molecule has 3 N–H and O–H groups in total. The van der Waals surface area contributed by atoms with Crippen LogP contribution in [-0.2, 0) is 17.6 Å². The Morgan fingerprint density at radius 1 is 1.07 bits per heavy atom. The first-order valence-corrected chi connectivity index (χ1v) is 9.70. The quantitative estimate of drug-likeness (QED) is 0.427. The number of ether oxygens (including phenoxy) is 1. The van der Waals surface area contributed by atoms with Crippen molar-refractivity contribution >= 4 is 5.91 Å².